The van der Waals surface area contributed by atoms with Crippen LogP contribution in [0.5, 0.6) is 11.5 Å². The minimum atomic E-state index is -0.541. The largest absolute Gasteiger partial charge is 0.459 e. The topological polar surface area (TPSA) is 141 Å². The first-order chi connectivity index (χ1) is 19.1. The van der Waals surface area contributed by atoms with Gasteiger partial charge in [-0.05, 0) is 47.5 Å². The van der Waals surface area contributed by atoms with Gasteiger partial charge in [-0.2, -0.15) is 0 Å². The second-order valence-electron chi connectivity index (χ2n) is 9.91. The predicted octanol–water partition coefficient (Wildman–Crippen LogP) is 1.56. The number of fused-ring (bicyclic) bond motifs is 2. The first-order valence-corrected chi connectivity index (χ1v) is 13.0. The average Bonchev–Trinajstić information content (AvgIpc) is 3.77. The molecule has 0 saturated carbocycles. The summed E-state index contributed by atoms with van der Waals surface area (Å²) in [5.41, 5.74) is 0.919. The highest BCUT2D eigenvalue weighted by Gasteiger charge is 2.35. The molecule has 1 amide bonds. The zero-order chi connectivity index (χ0) is 26.3. The molecule has 6 heterocycles. The van der Waals surface area contributed by atoms with E-state index in [9.17, 15) is 9.59 Å². The van der Waals surface area contributed by atoms with Crippen molar-refractivity contribution in [1.29, 1.82) is 0 Å². The van der Waals surface area contributed by atoms with E-state index in [0.717, 1.165) is 24.8 Å². The molecule has 0 unspecified atom stereocenters. The summed E-state index contributed by atoms with van der Waals surface area (Å²) in [6.45, 7) is 3.33. The van der Waals surface area contributed by atoms with Crippen LogP contribution >= 0.6 is 0 Å². The van der Waals surface area contributed by atoms with Crippen LogP contribution in [0.15, 0.2) is 45.8 Å². The number of H-pyrrole nitrogens is 1. The van der Waals surface area contributed by atoms with Crippen LogP contribution in [0, 0.1) is 0 Å². The number of carbonyl (C=O) groups is 1. The molecule has 0 bridgehead atoms. The number of pyridine rings is 1. The molecule has 13 nitrogen and oxygen atoms in total. The first-order valence-electron chi connectivity index (χ1n) is 13.0. The lowest BCUT2D eigenvalue weighted by atomic mass is 10.0. The van der Waals surface area contributed by atoms with Gasteiger partial charge in [0.05, 0.1) is 24.4 Å². The molecule has 1 N–H and O–H groups in total. The van der Waals surface area contributed by atoms with E-state index in [-0.39, 0.29) is 24.4 Å². The van der Waals surface area contributed by atoms with Crippen molar-refractivity contribution in [1.82, 2.24) is 35.0 Å². The minimum Gasteiger partial charge on any atom is -0.459 e. The van der Waals surface area contributed by atoms with Gasteiger partial charge >= 0.3 is 0 Å². The van der Waals surface area contributed by atoms with E-state index < -0.39 is 6.04 Å². The van der Waals surface area contributed by atoms with Crippen LogP contribution in [0.4, 0.5) is 0 Å². The number of piperazine rings is 1. The van der Waals surface area contributed by atoms with Crippen molar-refractivity contribution in [2.75, 3.05) is 39.6 Å². The zero-order valence-electron chi connectivity index (χ0n) is 21.1. The van der Waals surface area contributed by atoms with E-state index in [1.165, 1.54) is 6.26 Å². The molecule has 0 radical (unpaired) electrons. The van der Waals surface area contributed by atoms with Crippen molar-refractivity contribution in [3.05, 3.63) is 64.1 Å². The van der Waals surface area contributed by atoms with Crippen LogP contribution in [0.1, 0.15) is 40.8 Å². The number of tetrazole rings is 1. The van der Waals surface area contributed by atoms with Gasteiger partial charge in [-0.3, -0.25) is 14.5 Å². The highest BCUT2D eigenvalue weighted by molar-refractivity contribution is 5.91. The fourth-order valence-corrected chi connectivity index (χ4v) is 5.57. The van der Waals surface area contributed by atoms with Crippen molar-refractivity contribution in [2.45, 2.75) is 31.5 Å². The maximum atomic E-state index is 13.6. The van der Waals surface area contributed by atoms with Gasteiger partial charge in [-0.15, -0.1) is 5.10 Å². The van der Waals surface area contributed by atoms with Crippen LogP contribution in [-0.2, 0) is 11.3 Å². The third kappa shape index (κ3) is 4.42. The van der Waals surface area contributed by atoms with E-state index in [2.05, 4.69) is 25.4 Å². The Hall–Kier alpha value is -4.23. The van der Waals surface area contributed by atoms with Crippen molar-refractivity contribution < 1.29 is 23.4 Å². The molecule has 2 fully saturated rings. The summed E-state index contributed by atoms with van der Waals surface area (Å²) in [5.74, 6) is 1.94. The average molecular weight is 534 g/mol. The molecule has 2 saturated heterocycles. The Morgan fingerprint density at radius 1 is 1.13 bits per heavy atom. The van der Waals surface area contributed by atoms with Gasteiger partial charge < -0.3 is 28.5 Å². The number of ether oxygens (including phenoxy) is 3. The Labute approximate surface area is 222 Å². The Kier molecular flexibility index (Phi) is 6.01. The zero-order valence-corrected chi connectivity index (χ0v) is 21.1. The summed E-state index contributed by atoms with van der Waals surface area (Å²) >= 11 is 0. The molecule has 3 aliphatic rings. The maximum Gasteiger partial charge on any atom is 0.289 e. The minimum absolute atomic E-state index is 0.0188. The lowest BCUT2D eigenvalue weighted by Crippen LogP contribution is -2.50. The number of aromatic amines is 1. The Bertz CT molecular complexity index is 1550. The van der Waals surface area contributed by atoms with Gasteiger partial charge in [0.1, 0.15) is 6.04 Å². The monoisotopic (exact) mass is 533 g/mol. The molecular weight excluding hydrogens is 506 g/mol. The summed E-state index contributed by atoms with van der Waals surface area (Å²) in [6, 6.07) is 8.33. The van der Waals surface area contributed by atoms with Crippen molar-refractivity contribution in [3.8, 4) is 11.5 Å². The maximum absolute atomic E-state index is 13.6. The number of aromatic nitrogens is 5. The lowest BCUT2D eigenvalue weighted by molar-refractivity contribution is 0.0550. The van der Waals surface area contributed by atoms with Crippen LogP contribution in [0.25, 0.3) is 10.9 Å². The van der Waals surface area contributed by atoms with Crippen LogP contribution in [-0.4, -0.2) is 86.6 Å². The second kappa shape index (κ2) is 9.82. The summed E-state index contributed by atoms with van der Waals surface area (Å²) < 4.78 is 23.9. The molecule has 4 aromatic rings. The number of hydrogen-bond acceptors (Lipinski definition) is 10. The number of carbonyl (C=O) groups excluding carboxylic acids is 1. The summed E-state index contributed by atoms with van der Waals surface area (Å²) in [7, 11) is 0. The molecule has 0 spiro atoms. The molecule has 0 aliphatic carbocycles. The Balaban J connectivity index is 1.25. The van der Waals surface area contributed by atoms with Gasteiger partial charge in [-0.25, -0.2) is 4.68 Å². The summed E-state index contributed by atoms with van der Waals surface area (Å²) in [6.07, 6.45) is 3.44. The quantitative estimate of drug-likeness (QED) is 0.388. The fraction of sp³-hybridized carbons (Fsp3) is 0.423. The second-order valence-corrected chi connectivity index (χ2v) is 9.91. The molecule has 39 heavy (non-hydrogen) atoms. The molecular formula is C26H27N7O6. The molecule has 7 rings (SSSR count). The Morgan fingerprint density at radius 3 is 2.74 bits per heavy atom. The smallest absolute Gasteiger partial charge is 0.289 e. The third-order valence-electron chi connectivity index (χ3n) is 7.56. The number of amides is 1. The third-order valence-corrected chi connectivity index (χ3v) is 7.56. The van der Waals surface area contributed by atoms with Gasteiger partial charge in [0.25, 0.3) is 11.5 Å². The van der Waals surface area contributed by atoms with Gasteiger partial charge in [-0.1, -0.05) is 0 Å². The summed E-state index contributed by atoms with van der Waals surface area (Å²) in [4.78, 5) is 33.3. The van der Waals surface area contributed by atoms with Crippen LogP contribution < -0.4 is 15.0 Å². The van der Waals surface area contributed by atoms with E-state index >= 15 is 0 Å². The van der Waals surface area contributed by atoms with E-state index in [1.807, 2.05) is 12.1 Å². The van der Waals surface area contributed by atoms with E-state index in [4.69, 9.17) is 18.6 Å². The number of nitrogens with zero attached hydrogens (tertiary/aromatic N) is 6. The number of rotatable bonds is 6. The first kappa shape index (κ1) is 23.9. The Morgan fingerprint density at radius 2 is 1.97 bits per heavy atom. The van der Waals surface area contributed by atoms with Gasteiger partial charge in [0.2, 0.25) is 6.79 Å². The highest BCUT2D eigenvalue weighted by atomic mass is 16.7. The number of nitrogens with one attached hydrogen (secondary N) is 1. The van der Waals surface area contributed by atoms with E-state index in [1.54, 1.807) is 27.8 Å². The van der Waals surface area contributed by atoms with Crippen molar-refractivity contribution >= 4 is 16.8 Å². The molecule has 1 aromatic carbocycles. The van der Waals surface area contributed by atoms with Crippen molar-refractivity contribution in [3.63, 3.8) is 0 Å². The number of hydrogen-bond donors (Lipinski definition) is 1. The molecule has 3 aromatic heterocycles. The standard InChI is InChI=1S/C26H27N7O6/c34-25-18(11-16-12-21-22(39-15-38-21)13-19(16)27-25)23(24-28-29-30-33(24)14-17-3-1-9-36-17)31-5-7-32(8-6-31)26(35)20-4-2-10-37-20/h2,4,10-13,17,23H,1,3,5-9,14-15H2,(H,27,34)/t17-,23-/m0/s1. The fourth-order valence-electron chi connectivity index (χ4n) is 5.57. The van der Waals surface area contributed by atoms with Gasteiger partial charge in [0.15, 0.2) is 23.1 Å². The van der Waals surface area contributed by atoms with Crippen LogP contribution in [0.3, 0.4) is 0 Å². The molecule has 13 heteroatoms. The van der Waals surface area contributed by atoms with Crippen molar-refractivity contribution in [2.24, 2.45) is 0 Å². The SMILES string of the molecule is O=C(c1ccco1)N1CCN([C@@H](c2cc3cc4c(cc3[nH]c2=O)OCO4)c2nnnn2C[C@@H]2CCCO2)CC1. The normalized spacial score (nSPS) is 20.1. The molecule has 2 atom stereocenters. The predicted molar refractivity (Wildman–Crippen MR) is 136 cm³/mol. The van der Waals surface area contributed by atoms with E-state index in [0.29, 0.717) is 66.9 Å². The number of furan rings is 1. The van der Waals surface area contributed by atoms with Gasteiger partial charge in [0, 0.05) is 49.8 Å². The lowest BCUT2D eigenvalue weighted by Gasteiger charge is -2.38. The highest BCUT2D eigenvalue weighted by Crippen LogP contribution is 2.36. The summed E-state index contributed by atoms with van der Waals surface area (Å²) in [5, 5.41) is 13.4. The molecule has 202 valence electrons. The number of benzene rings is 1. The van der Waals surface area contributed by atoms with Crippen LogP contribution in [0.2, 0.25) is 0 Å². The molecule has 3 aliphatic heterocycles.